The quantitative estimate of drug-likeness (QED) is 0.837. The fraction of sp³-hybridized carbons (Fsp3) is 0.273. The van der Waals surface area contributed by atoms with Gasteiger partial charge >= 0.3 is 5.97 Å². The molecule has 0 saturated heterocycles. The van der Waals surface area contributed by atoms with E-state index in [9.17, 15) is 18.4 Å². The van der Waals surface area contributed by atoms with Crippen LogP contribution in [0.3, 0.4) is 0 Å². The molecule has 0 fully saturated rings. The normalized spacial score (nSPS) is 11.9. The number of carbonyl (C=O) groups is 2. The van der Waals surface area contributed by atoms with Gasteiger partial charge in [-0.05, 0) is 30.7 Å². The van der Waals surface area contributed by atoms with Gasteiger partial charge in [0.1, 0.15) is 12.5 Å². The van der Waals surface area contributed by atoms with E-state index in [0.29, 0.717) is 0 Å². The lowest BCUT2D eigenvalue weighted by molar-refractivity contribution is -0.139. The first-order valence-electron chi connectivity index (χ1n) is 4.81. The molecule has 6 heteroatoms. The van der Waals surface area contributed by atoms with E-state index >= 15 is 0 Å². The van der Waals surface area contributed by atoms with Crippen LogP contribution in [-0.2, 0) is 4.79 Å². The van der Waals surface area contributed by atoms with Crippen LogP contribution in [0.25, 0.3) is 0 Å². The van der Waals surface area contributed by atoms with Crippen molar-refractivity contribution in [2.24, 2.45) is 0 Å². The molecule has 1 atom stereocenters. The average molecular weight is 243 g/mol. The highest BCUT2D eigenvalue weighted by molar-refractivity contribution is 5.96. The highest BCUT2D eigenvalue weighted by atomic mass is 19.1. The summed E-state index contributed by atoms with van der Waals surface area (Å²) in [7, 11) is 0. The topological polar surface area (TPSA) is 66.4 Å². The summed E-state index contributed by atoms with van der Waals surface area (Å²) in [6, 6.07) is 1.97. The van der Waals surface area contributed by atoms with Gasteiger partial charge in [-0.1, -0.05) is 0 Å². The van der Waals surface area contributed by atoms with Crippen molar-refractivity contribution in [2.75, 3.05) is 6.67 Å². The van der Waals surface area contributed by atoms with Gasteiger partial charge in [0.15, 0.2) is 6.04 Å². The molecular weight excluding hydrogens is 232 g/mol. The smallest absolute Gasteiger partial charge is 0.328 e. The number of carboxylic acids is 1. The highest BCUT2D eigenvalue weighted by Gasteiger charge is 2.20. The van der Waals surface area contributed by atoms with Gasteiger partial charge in [0.2, 0.25) is 0 Å². The predicted molar refractivity (Wildman–Crippen MR) is 56.0 cm³/mol. The van der Waals surface area contributed by atoms with Crippen molar-refractivity contribution >= 4 is 11.9 Å². The third-order valence-electron chi connectivity index (χ3n) is 2.18. The molecule has 1 rings (SSSR count). The minimum atomic E-state index is -1.59. The van der Waals surface area contributed by atoms with Crippen molar-refractivity contribution in [2.45, 2.75) is 13.0 Å². The third kappa shape index (κ3) is 3.24. The zero-order chi connectivity index (χ0) is 13.0. The van der Waals surface area contributed by atoms with E-state index in [1.54, 1.807) is 0 Å². The van der Waals surface area contributed by atoms with Crippen molar-refractivity contribution in [3.05, 3.63) is 35.1 Å². The van der Waals surface area contributed by atoms with Crippen molar-refractivity contribution in [3.8, 4) is 0 Å². The van der Waals surface area contributed by atoms with E-state index in [2.05, 4.69) is 0 Å². The van der Waals surface area contributed by atoms with Crippen LogP contribution in [0.15, 0.2) is 18.2 Å². The van der Waals surface area contributed by atoms with E-state index in [0.717, 1.165) is 6.07 Å². The molecule has 0 bridgehead atoms. The number of nitrogens with one attached hydrogen (secondary N) is 1. The number of carbonyl (C=O) groups excluding carboxylic acids is 1. The van der Waals surface area contributed by atoms with Gasteiger partial charge in [-0.3, -0.25) is 4.79 Å². The van der Waals surface area contributed by atoms with E-state index in [4.69, 9.17) is 5.11 Å². The first kappa shape index (κ1) is 13.1. The zero-order valence-corrected chi connectivity index (χ0v) is 9.04. The largest absolute Gasteiger partial charge is 0.480 e. The van der Waals surface area contributed by atoms with Gasteiger partial charge in [-0.2, -0.15) is 0 Å². The molecule has 0 heterocycles. The molecule has 1 amide bonds. The summed E-state index contributed by atoms with van der Waals surface area (Å²) < 4.78 is 25.2. The van der Waals surface area contributed by atoms with Crippen LogP contribution in [-0.4, -0.2) is 29.7 Å². The van der Waals surface area contributed by atoms with Crippen LogP contribution in [0.1, 0.15) is 15.9 Å². The molecule has 0 aliphatic rings. The Balaban J connectivity index is 2.82. The number of alkyl halides is 1. The Morgan fingerprint density at radius 1 is 1.47 bits per heavy atom. The number of hydrogen-bond donors (Lipinski definition) is 2. The fourth-order valence-electron chi connectivity index (χ4n) is 1.19. The number of halogens is 2. The van der Waals surface area contributed by atoms with Crippen molar-refractivity contribution < 1.29 is 23.5 Å². The minimum Gasteiger partial charge on any atom is -0.480 e. The molecule has 1 aromatic rings. The second kappa shape index (κ2) is 5.38. The molecule has 0 aromatic heterocycles. The van der Waals surface area contributed by atoms with E-state index in [-0.39, 0.29) is 11.1 Å². The molecule has 1 aromatic carbocycles. The van der Waals surface area contributed by atoms with Crippen LogP contribution in [0, 0.1) is 12.7 Å². The summed E-state index contributed by atoms with van der Waals surface area (Å²) in [5.74, 6) is -2.68. The van der Waals surface area contributed by atoms with E-state index in [1.165, 1.54) is 19.1 Å². The summed E-state index contributed by atoms with van der Waals surface area (Å²) in [6.07, 6.45) is 0. The Labute approximate surface area is 96.3 Å². The van der Waals surface area contributed by atoms with Crippen molar-refractivity contribution in [3.63, 3.8) is 0 Å². The summed E-state index contributed by atoms with van der Waals surface area (Å²) in [6.45, 7) is 0.261. The van der Waals surface area contributed by atoms with Gasteiger partial charge in [0, 0.05) is 5.56 Å². The summed E-state index contributed by atoms with van der Waals surface area (Å²) in [5.41, 5.74) is 0.341. The molecule has 17 heavy (non-hydrogen) atoms. The lowest BCUT2D eigenvalue weighted by atomic mass is 10.1. The summed E-state index contributed by atoms with van der Waals surface area (Å²) >= 11 is 0. The molecule has 1 unspecified atom stereocenters. The SMILES string of the molecule is Cc1cc(C(=O)NC(CF)C(=O)O)ccc1F. The Morgan fingerprint density at radius 2 is 2.12 bits per heavy atom. The van der Waals surface area contributed by atoms with Crippen LogP contribution >= 0.6 is 0 Å². The average Bonchev–Trinajstić information content (AvgIpc) is 2.28. The molecule has 2 N–H and O–H groups in total. The molecule has 0 spiro atoms. The van der Waals surface area contributed by atoms with E-state index in [1.807, 2.05) is 5.32 Å². The lowest BCUT2D eigenvalue weighted by Crippen LogP contribution is -2.42. The van der Waals surface area contributed by atoms with Crippen LogP contribution in [0.5, 0.6) is 0 Å². The van der Waals surface area contributed by atoms with Crippen LogP contribution in [0.2, 0.25) is 0 Å². The molecule has 0 aliphatic heterocycles. The van der Waals surface area contributed by atoms with Crippen LogP contribution in [0.4, 0.5) is 8.78 Å². The Morgan fingerprint density at radius 3 is 2.59 bits per heavy atom. The standard InChI is InChI=1S/C11H11F2NO3/c1-6-4-7(2-3-8(6)13)10(15)14-9(5-12)11(16)17/h2-4,9H,5H2,1H3,(H,14,15)(H,16,17). The Hall–Kier alpha value is -1.98. The van der Waals surface area contributed by atoms with Gasteiger partial charge in [0.25, 0.3) is 5.91 Å². The first-order chi connectivity index (χ1) is 7.95. The lowest BCUT2D eigenvalue weighted by Gasteiger charge is -2.11. The Bertz CT molecular complexity index is 448. The molecule has 92 valence electrons. The molecule has 4 nitrogen and oxygen atoms in total. The van der Waals surface area contributed by atoms with Crippen LogP contribution < -0.4 is 5.32 Å². The maximum absolute atomic E-state index is 12.9. The molecule has 0 saturated carbocycles. The van der Waals surface area contributed by atoms with Gasteiger partial charge in [0.05, 0.1) is 0 Å². The highest BCUT2D eigenvalue weighted by Crippen LogP contribution is 2.09. The van der Waals surface area contributed by atoms with Crippen molar-refractivity contribution in [1.29, 1.82) is 0 Å². The van der Waals surface area contributed by atoms with E-state index < -0.39 is 30.4 Å². The van der Waals surface area contributed by atoms with Gasteiger partial charge < -0.3 is 10.4 Å². The maximum Gasteiger partial charge on any atom is 0.328 e. The minimum absolute atomic E-state index is 0.0867. The molecule has 0 radical (unpaired) electrons. The zero-order valence-electron chi connectivity index (χ0n) is 9.04. The third-order valence-corrected chi connectivity index (χ3v) is 2.18. The number of aliphatic carboxylic acids is 1. The summed E-state index contributed by atoms with van der Waals surface area (Å²) in [4.78, 5) is 22.0. The summed E-state index contributed by atoms with van der Waals surface area (Å²) in [5, 5.41) is 10.5. The van der Waals surface area contributed by atoms with Gasteiger partial charge in [-0.25, -0.2) is 13.6 Å². The predicted octanol–water partition coefficient (Wildman–Crippen LogP) is 1.29. The Kier molecular flexibility index (Phi) is 4.14. The first-order valence-corrected chi connectivity index (χ1v) is 4.81. The molecular formula is C11H11F2NO3. The molecule has 0 aliphatic carbocycles. The monoisotopic (exact) mass is 243 g/mol. The number of hydrogen-bond acceptors (Lipinski definition) is 2. The van der Waals surface area contributed by atoms with Gasteiger partial charge in [-0.15, -0.1) is 0 Å². The number of amides is 1. The fourth-order valence-corrected chi connectivity index (χ4v) is 1.19. The number of rotatable bonds is 4. The number of benzene rings is 1. The number of aryl methyl sites for hydroxylation is 1. The second-order valence-corrected chi connectivity index (χ2v) is 3.48. The second-order valence-electron chi connectivity index (χ2n) is 3.48. The van der Waals surface area contributed by atoms with Crippen molar-refractivity contribution in [1.82, 2.24) is 5.32 Å². The number of carboxylic acid groups (broad SMARTS) is 1. The maximum atomic E-state index is 12.9.